The molecule has 1 aromatic heterocycles. The van der Waals surface area contributed by atoms with Crippen molar-refractivity contribution >= 4 is 11.6 Å². The van der Waals surface area contributed by atoms with E-state index in [1.807, 2.05) is 24.3 Å². The summed E-state index contributed by atoms with van der Waals surface area (Å²) < 4.78 is 6.94. The Kier molecular flexibility index (Phi) is 3.02. The Morgan fingerprint density at radius 1 is 1.20 bits per heavy atom. The van der Waals surface area contributed by atoms with Crippen LogP contribution in [0.1, 0.15) is 10.4 Å². The van der Waals surface area contributed by atoms with Crippen molar-refractivity contribution in [3.8, 4) is 5.75 Å². The van der Waals surface area contributed by atoms with Crippen LogP contribution in [-0.2, 0) is 7.05 Å². The van der Waals surface area contributed by atoms with Crippen LogP contribution >= 0.6 is 0 Å². The van der Waals surface area contributed by atoms with Gasteiger partial charge >= 0.3 is 0 Å². The fourth-order valence-corrected chi connectivity index (χ4v) is 2.26. The standard InChI is InChI=1S/C15H14N2O3/c1-16-10-11(6-7-14(16)18)15(19)17-8-9-20-13-5-3-2-4-12(13)17/h2-7,10H,8-9H2,1H3. The monoisotopic (exact) mass is 270 g/mol. The SMILES string of the molecule is Cn1cc(C(=O)N2CCOc3ccccc32)ccc1=O. The predicted octanol–water partition coefficient (Wildman–Crippen LogP) is 1.42. The first kappa shape index (κ1) is 12.5. The maximum atomic E-state index is 12.6. The molecule has 5 heteroatoms. The highest BCUT2D eigenvalue weighted by Gasteiger charge is 2.24. The first-order chi connectivity index (χ1) is 9.66. The second-order valence-electron chi connectivity index (χ2n) is 4.64. The van der Waals surface area contributed by atoms with Gasteiger partial charge in [-0.05, 0) is 18.2 Å². The van der Waals surface area contributed by atoms with Crippen LogP contribution in [0.2, 0.25) is 0 Å². The van der Waals surface area contributed by atoms with Gasteiger partial charge in [-0.2, -0.15) is 0 Å². The molecule has 20 heavy (non-hydrogen) atoms. The van der Waals surface area contributed by atoms with Crippen LogP contribution < -0.4 is 15.2 Å². The van der Waals surface area contributed by atoms with Crippen LogP contribution in [-0.4, -0.2) is 23.6 Å². The number of carbonyl (C=O) groups is 1. The molecule has 1 aromatic carbocycles. The molecule has 3 rings (SSSR count). The lowest BCUT2D eigenvalue weighted by Crippen LogP contribution is -2.38. The van der Waals surface area contributed by atoms with Crippen LogP contribution in [0.5, 0.6) is 5.75 Å². The van der Waals surface area contributed by atoms with Gasteiger partial charge in [0.05, 0.1) is 17.8 Å². The summed E-state index contributed by atoms with van der Waals surface area (Å²) in [4.78, 5) is 25.6. The molecule has 2 aromatic rings. The van der Waals surface area contributed by atoms with E-state index in [2.05, 4.69) is 0 Å². The number of amides is 1. The molecule has 102 valence electrons. The lowest BCUT2D eigenvalue weighted by Gasteiger charge is -2.29. The fraction of sp³-hybridized carbons (Fsp3) is 0.200. The molecule has 1 aliphatic heterocycles. The summed E-state index contributed by atoms with van der Waals surface area (Å²) in [5.74, 6) is 0.577. The second-order valence-corrected chi connectivity index (χ2v) is 4.64. The first-order valence-corrected chi connectivity index (χ1v) is 6.37. The minimum Gasteiger partial charge on any atom is -0.490 e. The van der Waals surface area contributed by atoms with Gasteiger partial charge in [0.1, 0.15) is 12.4 Å². The molecule has 5 nitrogen and oxygen atoms in total. The molecule has 1 aliphatic rings. The molecule has 0 fully saturated rings. The Bertz CT molecular complexity index is 721. The first-order valence-electron chi connectivity index (χ1n) is 6.37. The number of carbonyl (C=O) groups excluding carboxylic acids is 1. The number of fused-ring (bicyclic) bond motifs is 1. The van der Waals surface area contributed by atoms with Crippen LogP contribution in [0.15, 0.2) is 47.4 Å². The molecular formula is C15H14N2O3. The highest BCUT2D eigenvalue weighted by molar-refractivity contribution is 6.06. The molecule has 0 N–H and O–H groups in total. The van der Waals surface area contributed by atoms with Gasteiger partial charge in [-0.15, -0.1) is 0 Å². The van der Waals surface area contributed by atoms with Crippen molar-refractivity contribution in [2.75, 3.05) is 18.1 Å². The minimum atomic E-state index is -0.135. The van der Waals surface area contributed by atoms with Crippen molar-refractivity contribution in [3.63, 3.8) is 0 Å². The van der Waals surface area contributed by atoms with Gasteiger partial charge in [0.2, 0.25) is 5.56 Å². The van der Waals surface area contributed by atoms with Gasteiger partial charge in [-0.1, -0.05) is 12.1 Å². The maximum Gasteiger partial charge on any atom is 0.259 e. The summed E-state index contributed by atoms with van der Waals surface area (Å²) in [5, 5.41) is 0. The number of rotatable bonds is 1. The molecule has 0 atom stereocenters. The molecule has 1 amide bonds. The molecule has 2 heterocycles. The highest BCUT2D eigenvalue weighted by atomic mass is 16.5. The third-order valence-corrected chi connectivity index (χ3v) is 3.31. The Balaban J connectivity index is 1.99. The summed E-state index contributed by atoms with van der Waals surface area (Å²) >= 11 is 0. The van der Waals surface area contributed by atoms with E-state index >= 15 is 0 Å². The van der Waals surface area contributed by atoms with Gasteiger partial charge in [-0.25, -0.2) is 0 Å². The number of aromatic nitrogens is 1. The van der Waals surface area contributed by atoms with E-state index in [-0.39, 0.29) is 11.5 Å². The van der Waals surface area contributed by atoms with Crippen LogP contribution in [0, 0.1) is 0 Å². The quantitative estimate of drug-likeness (QED) is 0.787. The van der Waals surface area contributed by atoms with Gasteiger partial charge in [-0.3, -0.25) is 9.59 Å². The number of benzene rings is 1. The molecule has 0 aliphatic carbocycles. The number of ether oxygens (including phenoxy) is 1. The van der Waals surface area contributed by atoms with Gasteiger partial charge in [0.15, 0.2) is 0 Å². The Hall–Kier alpha value is -2.56. The third-order valence-electron chi connectivity index (χ3n) is 3.31. The van der Waals surface area contributed by atoms with Crippen molar-refractivity contribution in [3.05, 3.63) is 58.5 Å². The lowest BCUT2D eigenvalue weighted by molar-refractivity contribution is 0.0976. The number of hydrogen-bond donors (Lipinski definition) is 0. The average molecular weight is 270 g/mol. The Labute approximate surface area is 116 Å². The summed E-state index contributed by atoms with van der Waals surface area (Å²) in [5.41, 5.74) is 1.12. The van der Waals surface area contributed by atoms with E-state index in [0.29, 0.717) is 24.5 Å². The fourth-order valence-electron chi connectivity index (χ4n) is 2.26. The number of anilines is 1. The lowest BCUT2D eigenvalue weighted by atomic mass is 10.2. The predicted molar refractivity (Wildman–Crippen MR) is 75.3 cm³/mol. The van der Waals surface area contributed by atoms with Gasteiger partial charge < -0.3 is 14.2 Å². The third kappa shape index (κ3) is 2.07. The van der Waals surface area contributed by atoms with E-state index < -0.39 is 0 Å². The van der Waals surface area contributed by atoms with Gasteiger partial charge in [0, 0.05) is 19.3 Å². The van der Waals surface area contributed by atoms with E-state index in [1.54, 1.807) is 24.2 Å². The Morgan fingerprint density at radius 2 is 2.00 bits per heavy atom. The van der Waals surface area contributed by atoms with E-state index in [1.165, 1.54) is 10.6 Å². The van der Waals surface area contributed by atoms with Crippen LogP contribution in [0.4, 0.5) is 5.69 Å². The zero-order valence-electron chi connectivity index (χ0n) is 11.1. The highest BCUT2D eigenvalue weighted by Crippen LogP contribution is 2.31. The smallest absolute Gasteiger partial charge is 0.259 e. The number of para-hydroxylation sites is 2. The maximum absolute atomic E-state index is 12.6. The van der Waals surface area contributed by atoms with Crippen molar-refractivity contribution in [1.82, 2.24) is 4.57 Å². The molecular weight excluding hydrogens is 256 g/mol. The summed E-state index contributed by atoms with van der Waals surface area (Å²) in [6.45, 7) is 0.965. The zero-order chi connectivity index (χ0) is 14.1. The topological polar surface area (TPSA) is 51.5 Å². The number of hydrogen-bond acceptors (Lipinski definition) is 3. The van der Waals surface area contributed by atoms with Crippen molar-refractivity contribution in [2.24, 2.45) is 7.05 Å². The number of nitrogens with zero attached hydrogens (tertiary/aromatic N) is 2. The van der Waals surface area contributed by atoms with E-state index in [0.717, 1.165) is 5.69 Å². The van der Waals surface area contributed by atoms with Crippen molar-refractivity contribution in [2.45, 2.75) is 0 Å². The summed E-state index contributed by atoms with van der Waals surface area (Å²) in [6.07, 6.45) is 1.56. The summed E-state index contributed by atoms with van der Waals surface area (Å²) in [7, 11) is 1.63. The molecule has 0 unspecified atom stereocenters. The van der Waals surface area contributed by atoms with Crippen molar-refractivity contribution < 1.29 is 9.53 Å². The molecule has 0 saturated heterocycles. The van der Waals surface area contributed by atoms with E-state index in [9.17, 15) is 9.59 Å². The molecule has 0 saturated carbocycles. The molecule has 0 spiro atoms. The number of aryl methyl sites for hydroxylation is 1. The largest absolute Gasteiger partial charge is 0.490 e. The Morgan fingerprint density at radius 3 is 2.80 bits per heavy atom. The van der Waals surface area contributed by atoms with Crippen molar-refractivity contribution in [1.29, 1.82) is 0 Å². The van der Waals surface area contributed by atoms with Crippen LogP contribution in [0.3, 0.4) is 0 Å². The minimum absolute atomic E-state index is 0.128. The van der Waals surface area contributed by atoms with E-state index in [4.69, 9.17) is 4.74 Å². The normalized spacial score (nSPS) is 13.6. The van der Waals surface area contributed by atoms with Gasteiger partial charge in [0.25, 0.3) is 5.91 Å². The van der Waals surface area contributed by atoms with Crippen LogP contribution in [0.25, 0.3) is 0 Å². The molecule has 0 bridgehead atoms. The second kappa shape index (κ2) is 4.85. The zero-order valence-corrected chi connectivity index (χ0v) is 11.1. The molecule has 0 radical (unpaired) electrons. The summed E-state index contributed by atoms with van der Waals surface area (Å²) in [6, 6.07) is 10.4. The number of pyridine rings is 1. The average Bonchev–Trinajstić information content (AvgIpc) is 2.49.